The third-order valence-electron chi connectivity index (χ3n) is 4.66. The van der Waals surface area contributed by atoms with Gasteiger partial charge in [-0.05, 0) is 36.4 Å². The molecule has 1 aliphatic heterocycles. The molecule has 0 radical (unpaired) electrons. The molecule has 8 heteroatoms. The third-order valence-corrected chi connectivity index (χ3v) is 4.90. The molecular weight excluding hydrogens is 378 g/mol. The van der Waals surface area contributed by atoms with Crippen LogP contribution in [-0.2, 0) is 0 Å². The first kappa shape index (κ1) is 18.2. The van der Waals surface area contributed by atoms with Crippen LogP contribution in [0.1, 0.15) is 20.8 Å². The number of hydrogen-bond donors (Lipinski definition) is 1. The number of H-pyrrole nitrogens is 1. The van der Waals surface area contributed by atoms with E-state index in [0.29, 0.717) is 53.8 Å². The van der Waals surface area contributed by atoms with E-state index in [4.69, 9.17) is 11.6 Å². The normalized spacial score (nSPS) is 14.2. The Morgan fingerprint density at radius 1 is 0.893 bits per heavy atom. The van der Waals surface area contributed by atoms with Crippen LogP contribution in [0.2, 0.25) is 5.02 Å². The number of rotatable bonds is 3. The first-order valence-electron chi connectivity index (χ1n) is 8.93. The molecule has 28 heavy (non-hydrogen) atoms. The van der Waals surface area contributed by atoms with Gasteiger partial charge in [0.15, 0.2) is 0 Å². The summed E-state index contributed by atoms with van der Waals surface area (Å²) >= 11 is 5.97. The van der Waals surface area contributed by atoms with Gasteiger partial charge in [0.2, 0.25) is 0 Å². The SMILES string of the molecule is O=C(c1cccc(Cl)c1)N1CCN(C(=O)c2cc(-c3ccccn3)n[nH]2)CC1. The lowest BCUT2D eigenvalue weighted by Gasteiger charge is -2.34. The molecule has 142 valence electrons. The Bertz CT molecular complexity index is 997. The smallest absolute Gasteiger partial charge is 0.272 e. The first-order chi connectivity index (χ1) is 13.6. The van der Waals surface area contributed by atoms with Gasteiger partial charge in [0.1, 0.15) is 11.4 Å². The molecule has 0 bridgehead atoms. The van der Waals surface area contributed by atoms with Gasteiger partial charge in [-0.25, -0.2) is 0 Å². The van der Waals surface area contributed by atoms with Crippen LogP contribution in [0.4, 0.5) is 0 Å². The minimum absolute atomic E-state index is 0.0754. The molecule has 0 unspecified atom stereocenters. The van der Waals surface area contributed by atoms with Crippen LogP contribution in [0.25, 0.3) is 11.4 Å². The fraction of sp³-hybridized carbons (Fsp3) is 0.200. The number of halogens is 1. The average molecular weight is 396 g/mol. The quantitative estimate of drug-likeness (QED) is 0.739. The average Bonchev–Trinajstić information content (AvgIpc) is 3.24. The van der Waals surface area contributed by atoms with Crippen molar-refractivity contribution in [1.82, 2.24) is 25.0 Å². The van der Waals surface area contributed by atoms with Crippen molar-refractivity contribution in [2.24, 2.45) is 0 Å². The van der Waals surface area contributed by atoms with E-state index < -0.39 is 0 Å². The molecule has 2 aromatic heterocycles. The minimum Gasteiger partial charge on any atom is -0.335 e. The van der Waals surface area contributed by atoms with Crippen molar-refractivity contribution in [1.29, 1.82) is 0 Å². The van der Waals surface area contributed by atoms with Gasteiger partial charge < -0.3 is 9.80 Å². The summed E-state index contributed by atoms with van der Waals surface area (Å²) < 4.78 is 0. The third kappa shape index (κ3) is 3.75. The van der Waals surface area contributed by atoms with Crippen LogP contribution in [0.5, 0.6) is 0 Å². The second-order valence-electron chi connectivity index (χ2n) is 6.48. The zero-order chi connectivity index (χ0) is 19.5. The molecule has 1 aromatic carbocycles. The lowest BCUT2D eigenvalue weighted by atomic mass is 10.1. The summed E-state index contributed by atoms with van der Waals surface area (Å²) in [5.41, 5.74) is 2.30. The van der Waals surface area contributed by atoms with Gasteiger partial charge in [0, 0.05) is 43.0 Å². The van der Waals surface area contributed by atoms with E-state index in [1.54, 1.807) is 46.3 Å². The van der Waals surface area contributed by atoms with Crippen molar-refractivity contribution in [2.45, 2.75) is 0 Å². The van der Waals surface area contributed by atoms with E-state index in [0.717, 1.165) is 0 Å². The zero-order valence-corrected chi connectivity index (χ0v) is 15.8. The molecule has 1 fully saturated rings. The molecule has 0 atom stereocenters. The van der Waals surface area contributed by atoms with E-state index in [-0.39, 0.29) is 11.8 Å². The van der Waals surface area contributed by atoms with Gasteiger partial charge in [-0.1, -0.05) is 23.7 Å². The summed E-state index contributed by atoms with van der Waals surface area (Å²) in [6.07, 6.45) is 1.68. The molecule has 0 saturated carbocycles. The summed E-state index contributed by atoms with van der Waals surface area (Å²) in [5, 5.41) is 7.50. The number of nitrogens with zero attached hydrogens (tertiary/aromatic N) is 4. The van der Waals surface area contributed by atoms with Crippen LogP contribution in [0.15, 0.2) is 54.7 Å². The van der Waals surface area contributed by atoms with Crippen LogP contribution in [-0.4, -0.2) is 63.0 Å². The number of aromatic nitrogens is 3. The number of nitrogens with one attached hydrogen (secondary N) is 1. The number of pyridine rings is 1. The maximum Gasteiger partial charge on any atom is 0.272 e. The molecule has 3 heterocycles. The number of hydrogen-bond acceptors (Lipinski definition) is 4. The summed E-state index contributed by atoms with van der Waals surface area (Å²) in [5.74, 6) is -0.210. The van der Waals surface area contributed by atoms with Crippen molar-refractivity contribution >= 4 is 23.4 Å². The number of carbonyl (C=O) groups excluding carboxylic acids is 2. The van der Waals surface area contributed by atoms with E-state index >= 15 is 0 Å². The number of piperazine rings is 1. The maximum absolute atomic E-state index is 12.7. The Balaban J connectivity index is 1.39. The summed E-state index contributed by atoms with van der Waals surface area (Å²) in [6, 6.07) is 14.1. The molecule has 1 saturated heterocycles. The first-order valence-corrected chi connectivity index (χ1v) is 9.30. The molecule has 0 aliphatic carbocycles. The Morgan fingerprint density at radius 2 is 1.64 bits per heavy atom. The summed E-state index contributed by atoms with van der Waals surface area (Å²) in [4.78, 5) is 33.0. The summed E-state index contributed by atoms with van der Waals surface area (Å²) in [6.45, 7) is 1.86. The summed E-state index contributed by atoms with van der Waals surface area (Å²) in [7, 11) is 0. The highest BCUT2D eigenvalue weighted by Gasteiger charge is 2.26. The number of amides is 2. The van der Waals surface area contributed by atoms with Gasteiger partial charge in [0.25, 0.3) is 11.8 Å². The highest BCUT2D eigenvalue weighted by Crippen LogP contribution is 2.17. The molecule has 1 N–H and O–H groups in total. The van der Waals surface area contributed by atoms with Crippen molar-refractivity contribution in [3.05, 3.63) is 71.0 Å². The Kier molecular flexibility index (Phi) is 5.08. The number of benzene rings is 1. The topological polar surface area (TPSA) is 82.2 Å². The molecule has 0 spiro atoms. The number of aromatic amines is 1. The van der Waals surface area contributed by atoms with E-state index in [9.17, 15) is 9.59 Å². The standard InChI is InChI=1S/C20H18ClN5O2/c21-15-5-3-4-14(12-15)19(27)25-8-10-26(11-9-25)20(28)18-13-17(23-24-18)16-6-1-2-7-22-16/h1-7,12-13H,8-11H2,(H,23,24). The fourth-order valence-corrected chi connectivity index (χ4v) is 3.35. The Hall–Kier alpha value is -3.19. The van der Waals surface area contributed by atoms with Crippen LogP contribution >= 0.6 is 11.6 Å². The van der Waals surface area contributed by atoms with Crippen LogP contribution < -0.4 is 0 Å². The highest BCUT2D eigenvalue weighted by molar-refractivity contribution is 6.30. The van der Waals surface area contributed by atoms with Crippen LogP contribution in [0.3, 0.4) is 0 Å². The molecule has 7 nitrogen and oxygen atoms in total. The van der Waals surface area contributed by atoms with E-state index in [1.165, 1.54) is 0 Å². The highest BCUT2D eigenvalue weighted by atomic mass is 35.5. The van der Waals surface area contributed by atoms with Gasteiger partial charge in [-0.2, -0.15) is 5.10 Å². The van der Waals surface area contributed by atoms with E-state index in [2.05, 4.69) is 15.2 Å². The zero-order valence-electron chi connectivity index (χ0n) is 15.0. The van der Waals surface area contributed by atoms with Gasteiger partial charge in [-0.3, -0.25) is 19.7 Å². The van der Waals surface area contributed by atoms with Crippen molar-refractivity contribution in [2.75, 3.05) is 26.2 Å². The lowest BCUT2D eigenvalue weighted by molar-refractivity contribution is 0.0532. The van der Waals surface area contributed by atoms with E-state index in [1.807, 2.05) is 18.2 Å². The number of carbonyl (C=O) groups is 2. The molecule has 2 amide bonds. The molecule has 1 aliphatic rings. The maximum atomic E-state index is 12.7. The van der Waals surface area contributed by atoms with Crippen LogP contribution in [0, 0.1) is 0 Å². The fourth-order valence-electron chi connectivity index (χ4n) is 3.16. The Morgan fingerprint density at radius 3 is 2.32 bits per heavy atom. The van der Waals surface area contributed by atoms with Crippen molar-refractivity contribution in [3.8, 4) is 11.4 Å². The van der Waals surface area contributed by atoms with Gasteiger partial charge >= 0.3 is 0 Å². The van der Waals surface area contributed by atoms with Gasteiger partial charge in [-0.15, -0.1) is 0 Å². The predicted octanol–water partition coefficient (Wildman–Crippen LogP) is 2.72. The molecule has 4 rings (SSSR count). The lowest BCUT2D eigenvalue weighted by Crippen LogP contribution is -2.50. The Labute approximate surface area is 166 Å². The molecular formula is C20H18ClN5O2. The monoisotopic (exact) mass is 395 g/mol. The largest absolute Gasteiger partial charge is 0.335 e. The van der Waals surface area contributed by atoms with Crippen molar-refractivity contribution in [3.63, 3.8) is 0 Å². The second-order valence-corrected chi connectivity index (χ2v) is 6.91. The van der Waals surface area contributed by atoms with Gasteiger partial charge in [0.05, 0.1) is 5.69 Å². The second kappa shape index (κ2) is 7.82. The van der Waals surface area contributed by atoms with Crippen molar-refractivity contribution < 1.29 is 9.59 Å². The minimum atomic E-state index is -0.135. The predicted molar refractivity (Wildman–Crippen MR) is 105 cm³/mol. The molecule has 3 aromatic rings.